The van der Waals surface area contributed by atoms with Crippen LogP contribution in [-0.4, -0.2) is 17.4 Å². The topological polar surface area (TPSA) is 46.5 Å². The van der Waals surface area contributed by atoms with E-state index in [1.807, 2.05) is 31.2 Å². The minimum Gasteiger partial charge on any atom is -0.427 e. The molecule has 3 nitrogen and oxygen atoms in total. The molecule has 0 radical (unpaired) electrons. The molecule has 1 N–H and O–H groups in total. The third-order valence-corrected chi connectivity index (χ3v) is 3.69. The van der Waals surface area contributed by atoms with Gasteiger partial charge < -0.3 is 9.84 Å². The minimum absolute atomic E-state index is 0.0434. The van der Waals surface area contributed by atoms with E-state index in [0.717, 1.165) is 10.5 Å². The van der Waals surface area contributed by atoms with Crippen LogP contribution >= 0.6 is 23.4 Å². The molecular weight excluding hydrogens is 248 g/mol. The summed E-state index contributed by atoms with van der Waals surface area (Å²) < 4.78 is 4.57. The van der Waals surface area contributed by atoms with Gasteiger partial charge in [-0.05, 0) is 19.1 Å². The van der Waals surface area contributed by atoms with E-state index in [1.165, 1.54) is 11.8 Å². The van der Waals surface area contributed by atoms with Crippen LogP contribution in [0.1, 0.15) is 5.56 Å². The molecule has 0 amide bonds. The van der Waals surface area contributed by atoms with E-state index in [-0.39, 0.29) is 5.03 Å². The molecule has 1 atom stereocenters. The molecule has 0 bridgehead atoms. The van der Waals surface area contributed by atoms with E-state index in [4.69, 9.17) is 11.6 Å². The number of benzene rings is 1. The highest BCUT2D eigenvalue weighted by molar-refractivity contribution is 8.03. The van der Waals surface area contributed by atoms with Gasteiger partial charge in [-0.2, -0.15) is 0 Å². The van der Waals surface area contributed by atoms with Crippen molar-refractivity contribution >= 4 is 29.3 Å². The highest BCUT2D eigenvalue weighted by atomic mass is 35.5. The number of aryl methyl sites for hydroxylation is 1. The first-order valence-corrected chi connectivity index (χ1v) is 5.80. The highest BCUT2D eigenvalue weighted by Crippen LogP contribution is 2.37. The predicted molar refractivity (Wildman–Crippen MR) is 62.0 cm³/mol. The van der Waals surface area contributed by atoms with Crippen LogP contribution in [0.4, 0.5) is 0 Å². The normalized spacial score (nSPS) is 20.2. The van der Waals surface area contributed by atoms with E-state index in [1.54, 1.807) is 0 Å². The van der Waals surface area contributed by atoms with Gasteiger partial charge in [0.25, 0.3) is 0 Å². The van der Waals surface area contributed by atoms with Gasteiger partial charge in [-0.25, -0.2) is 4.79 Å². The lowest BCUT2D eigenvalue weighted by molar-refractivity contribution is -0.150. The predicted octanol–water partition coefficient (Wildman–Crippen LogP) is 2.41. The van der Waals surface area contributed by atoms with Crippen molar-refractivity contribution in [2.75, 3.05) is 0 Å². The quantitative estimate of drug-likeness (QED) is 0.826. The summed E-state index contributed by atoms with van der Waals surface area (Å²) in [6.45, 7) is 1.98. The molecule has 5 heteroatoms. The zero-order valence-electron chi connectivity index (χ0n) is 8.44. The molecule has 0 saturated heterocycles. The monoisotopic (exact) mass is 256 g/mol. The van der Waals surface area contributed by atoms with Gasteiger partial charge in [0.05, 0.1) is 4.91 Å². The van der Waals surface area contributed by atoms with Gasteiger partial charge in [-0.3, -0.25) is 0 Å². The van der Waals surface area contributed by atoms with E-state index in [2.05, 4.69) is 4.74 Å². The maximum Gasteiger partial charge on any atom is 0.353 e. The number of carbonyl (C=O) groups excluding carboxylic acids is 1. The Hall–Kier alpha value is -0.970. The van der Waals surface area contributed by atoms with Crippen molar-refractivity contribution in [2.24, 2.45) is 0 Å². The Kier molecular flexibility index (Phi) is 3.23. The molecule has 1 aliphatic heterocycles. The maximum absolute atomic E-state index is 11.1. The lowest BCUT2D eigenvalue weighted by Crippen LogP contribution is -2.08. The number of hydrogen-bond acceptors (Lipinski definition) is 4. The second-order valence-electron chi connectivity index (χ2n) is 3.35. The average Bonchev–Trinajstić information content (AvgIpc) is 2.48. The molecule has 84 valence electrons. The number of carbonyl (C=O) groups is 1. The molecule has 0 fully saturated rings. The van der Waals surface area contributed by atoms with Crippen molar-refractivity contribution in [1.29, 1.82) is 0 Å². The Bertz CT molecular complexity index is 453. The number of cyclic esters (lactones) is 1. The number of rotatable bonds is 2. The summed E-state index contributed by atoms with van der Waals surface area (Å²) in [5, 5.41) is 9.40. The summed E-state index contributed by atoms with van der Waals surface area (Å²) >= 11 is 6.96. The molecule has 1 aliphatic rings. The second-order valence-corrected chi connectivity index (χ2v) is 4.84. The molecule has 0 aliphatic carbocycles. The first-order valence-electron chi connectivity index (χ1n) is 4.61. The maximum atomic E-state index is 11.1. The Morgan fingerprint density at radius 2 is 2.00 bits per heavy atom. The third kappa shape index (κ3) is 2.24. The Morgan fingerprint density at radius 1 is 1.38 bits per heavy atom. The van der Waals surface area contributed by atoms with Crippen molar-refractivity contribution in [3.8, 4) is 0 Å². The van der Waals surface area contributed by atoms with Crippen LogP contribution in [0.5, 0.6) is 0 Å². The summed E-state index contributed by atoms with van der Waals surface area (Å²) in [7, 11) is 0. The second kappa shape index (κ2) is 4.49. The number of aliphatic hydroxyl groups is 1. The Labute approximate surface area is 102 Å². The zero-order chi connectivity index (χ0) is 11.7. The average molecular weight is 257 g/mol. The zero-order valence-corrected chi connectivity index (χ0v) is 10.0. The lowest BCUT2D eigenvalue weighted by Gasteiger charge is -2.06. The lowest BCUT2D eigenvalue weighted by atomic mass is 10.2. The standard InChI is InChI=1S/C11H9ClO3S/c1-6-2-4-7(5-3-6)16-9-8(12)10(13)15-11(9)14/h2-5,11,14H,1H3. The molecule has 16 heavy (non-hydrogen) atoms. The van der Waals surface area contributed by atoms with Crippen LogP contribution in [0.15, 0.2) is 39.1 Å². The summed E-state index contributed by atoms with van der Waals surface area (Å²) in [4.78, 5) is 12.3. The number of thioether (sulfide) groups is 1. The van der Waals surface area contributed by atoms with Crippen LogP contribution < -0.4 is 0 Å². The van der Waals surface area contributed by atoms with E-state index < -0.39 is 12.3 Å². The van der Waals surface area contributed by atoms with Crippen LogP contribution in [0.25, 0.3) is 0 Å². The largest absolute Gasteiger partial charge is 0.427 e. The number of halogens is 1. The fourth-order valence-electron chi connectivity index (χ4n) is 1.24. The van der Waals surface area contributed by atoms with Crippen molar-refractivity contribution < 1.29 is 14.6 Å². The highest BCUT2D eigenvalue weighted by Gasteiger charge is 2.32. The third-order valence-electron chi connectivity index (χ3n) is 2.09. The van der Waals surface area contributed by atoms with Gasteiger partial charge in [-0.15, -0.1) is 0 Å². The molecule has 0 spiro atoms. The van der Waals surface area contributed by atoms with Crippen molar-refractivity contribution in [3.63, 3.8) is 0 Å². The fraction of sp³-hybridized carbons (Fsp3) is 0.182. The molecule has 1 unspecified atom stereocenters. The van der Waals surface area contributed by atoms with Gasteiger partial charge >= 0.3 is 5.97 Å². The van der Waals surface area contributed by atoms with Gasteiger partial charge in [0.1, 0.15) is 5.03 Å². The minimum atomic E-state index is -1.24. The van der Waals surface area contributed by atoms with Crippen LogP contribution in [0, 0.1) is 6.92 Å². The van der Waals surface area contributed by atoms with E-state index in [9.17, 15) is 9.90 Å². The van der Waals surface area contributed by atoms with E-state index >= 15 is 0 Å². The molecule has 1 aromatic rings. The van der Waals surface area contributed by atoms with E-state index in [0.29, 0.717) is 4.91 Å². The van der Waals surface area contributed by atoms with Crippen LogP contribution in [0.3, 0.4) is 0 Å². The number of aliphatic hydroxyl groups excluding tert-OH is 1. The van der Waals surface area contributed by atoms with Crippen molar-refractivity contribution in [3.05, 3.63) is 39.8 Å². The Balaban J connectivity index is 2.22. The number of ether oxygens (including phenoxy) is 1. The fourth-order valence-corrected chi connectivity index (χ4v) is 2.35. The van der Waals surface area contributed by atoms with Gasteiger partial charge in [0.2, 0.25) is 6.29 Å². The Morgan fingerprint density at radius 3 is 2.50 bits per heavy atom. The van der Waals surface area contributed by atoms with Gasteiger partial charge in [0, 0.05) is 4.90 Å². The number of esters is 1. The summed E-state index contributed by atoms with van der Waals surface area (Å²) in [6.07, 6.45) is -1.24. The summed E-state index contributed by atoms with van der Waals surface area (Å²) in [6, 6.07) is 7.68. The number of hydrogen-bond donors (Lipinski definition) is 1. The van der Waals surface area contributed by atoms with Crippen molar-refractivity contribution in [2.45, 2.75) is 18.1 Å². The first-order chi connectivity index (χ1) is 7.58. The molecule has 1 aromatic carbocycles. The molecule has 0 saturated carbocycles. The SMILES string of the molecule is Cc1ccc(SC2=C(Cl)C(=O)OC2O)cc1. The molecule has 1 heterocycles. The smallest absolute Gasteiger partial charge is 0.353 e. The van der Waals surface area contributed by atoms with Gasteiger partial charge in [-0.1, -0.05) is 41.1 Å². The molecule has 2 rings (SSSR count). The van der Waals surface area contributed by atoms with Crippen LogP contribution in [0.2, 0.25) is 0 Å². The molecule has 0 aromatic heterocycles. The van der Waals surface area contributed by atoms with Crippen LogP contribution in [-0.2, 0) is 9.53 Å². The van der Waals surface area contributed by atoms with Gasteiger partial charge in [0.15, 0.2) is 0 Å². The molecular formula is C11H9ClO3S. The summed E-state index contributed by atoms with van der Waals surface area (Å²) in [5.41, 5.74) is 1.14. The summed E-state index contributed by atoms with van der Waals surface area (Å²) in [5.74, 6) is -0.677. The van der Waals surface area contributed by atoms with Crippen molar-refractivity contribution in [1.82, 2.24) is 0 Å². The first kappa shape index (κ1) is 11.5.